The third-order valence-corrected chi connectivity index (χ3v) is 4.07. The Kier molecular flexibility index (Phi) is 3.83. The third-order valence-electron chi connectivity index (χ3n) is 4.07. The quantitative estimate of drug-likeness (QED) is 0.827. The summed E-state index contributed by atoms with van der Waals surface area (Å²) in [6.45, 7) is 8.12. The van der Waals surface area contributed by atoms with Gasteiger partial charge in [-0.3, -0.25) is 4.79 Å². The maximum atomic E-state index is 11.3. The number of ketones is 1. The second kappa shape index (κ2) is 5.24. The molecule has 1 N–H and O–H groups in total. The predicted octanol–water partition coefficient (Wildman–Crippen LogP) is 3.61. The monoisotopic (exact) mass is 261 g/mol. The first-order valence-electron chi connectivity index (χ1n) is 6.98. The normalized spacial score (nSPS) is 19.0. The van der Waals surface area contributed by atoms with Gasteiger partial charge in [-0.2, -0.15) is 0 Å². The molecular weight excluding hydrogens is 238 g/mol. The number of nitrogens with zero attached hydrogens (tertiary/aromatic N) is 1. The van der Waals surface area contributed by atoms with Crippen LogP contribution in [-0.4, -0.2) is 24.0 Å². The highest BCUT2D eigenvalue weighted by Crippen LogP contribution is 2.33. The zero-order chi connectivity index (χ0) is 14.0. The van der Waals surface area contributed by atoms with Crippen LogP contribution in [0.5, 0.6) is 5.75 Å². The molecule has 0 aromatic heterocycles. The molecule has 1 saturated heterocycles. The molecule has 1 fully saturated rings. The van der Waals surface area contributed by atoms with Crippen LogP contribution >= 0.6 is 0 Å². The lowest BCUT2D eigenvalue weighted by Crippen LogP contribution is -2.25. The van der Waals surface area contributed by atoms with Gasteiger partial charge < -0.3 is 10.0 Å². The standard InChI is InChI=1S/C16H23NO2/c1-12(18)14-6-5-13(11-15(14)19)17-9-4-7-16(2,3)8-10-17/h5-6,11,19H,4,7-10H2,1-3H3. The van der Waals surface area contributed by atoms with E-state index in [1.165, 1.54) is 19.8 Å². The fraction of sp³-hybridized carbons (Fsp3) is 0.562. The molecule has 0 aliphatic carbocycles. The van der Waals surface area contributed by atoms with Crippen LogP contribution in [-0.2, 0) is 0 Å². The van der Waals surface area contributed by atoms with E-state index in [2.05, 4.69) is 18.7 Å². The summed E-state index contributed by atoms with van der Waals surface area (Å²) < 4.78 is 0. The molecule has 1 aromatic rings. The van der Waals surface area contributed by atoms with Crippen LogP contribution in [0.3, 0.4) is 0 Å². The lowest BCUT2D eigenvalue weighted by atomic mass is 9.85. The zero-order valence-electron chi connectivity index (χ0n) is 12.1. The number of anilines is 1. The largest absolute Gasteiger partial charge is 0.507 e. The molecule has 1 aliphatic heterocycles. The molecule has 1 aliphatic rings. The zero-order valence-corrected chi connectivity index (χ0v) is 12.1. The molecule has 104 valence electrons. The summed E-state index contributed by atoms with van der Waals surface area (Å²) in [5.74, 6) is -0.00504. The van der Waals surface area contributed by atoms with E-state index in [0.717, 1.165) is 25.2 Å². The van der Waals surface area contributed by atoms with Crippen molar-refractivity contribution in [3.63, 3.8) is 0 Å². The number of phenols is 1. The Morgan fingerprint density at radius 2 is 2.00 bits per heavy atom. The van der Waals surface area contributed by atoms with E-state index < -0.39 is 0 Å². The van der Waals surface area contributed by atoms with Crippen LogP contribution in [0.2, 0.25) is 0 Å². The summed E-state index contributed by atoms with van der Waals surface area (Å²) in [5, 5.41) is 9.92. The molecular formula is C16H23NO2. The van der Waals surface area contributed by atoms with Gasteiger partial charge in [-0.1, -0.05) is 13.8 Å². The van der Waals surface area contributed by atoms with Crippen molar-refractivity contribution in [3.05, 3.63) is 23.8 Å². The second-order valence-corrected chi connectivity index (χ2v) is 6.26. The highest BCUT2D eigenvalue weighted by Gasteiger charge is 2.23. The summed E-state index contributed by atoms with van der Waals surface area (Å²) in [7, 11) is 0. The van der Waals surface area contributed by atoms with Gasteiger partial charge in [-0.15, -0.1) is 0 Å². The van der Waals surface area contributed by atoms with Crippen molar-refractivity contribution in [1.82, 2.24) is 0 Å². The molecule has 0 atom stereocenters. The lowest BCUT2D eigenvalue weighted by molar-refractivity contribution is 0.101. The summed E-state index contributed by atoms with van der Waals surface area (Å²) in [5.41, 5.74) is 1.81. The van der Waals surface area contributed by atoms with Crippen molar-refractivity contribution in [1.29, 1.82) is 0 Å². The Hall–Kier alpha value is -1.51. The van der Waals surface area contributed by atoms with Crippen molar-refractivity contribution < 1.29 is 9.90 Å². The maximum Gasteiger partial charge on any atom is 0.163 e. The van der Waals surface area contributed by atoms with Crippen LogP contribution < -0.4 is 4.90 Å². The molecule has 3 nitrogen and oxygen atoms in total. The third kappa shape index (κ3) is 3.28. The van der Waals surface area contributed by atoms with Crippen LogP contribution in [0, 0.1) is 5.41 Å². The smallest absolute Gasteiger partial charge is 0.163 e. The molecule has 0 saturated carbocycles. The van der Waals surface area contributed by atoms with Gasteiger partial charge in [0.25, 0.3) is 0 Å². The number of carbonyl (C=O) groups is 1. The Morgan fingerprint density at radius 3 is 2.63 bits per heavy atom. The van der Waals surface area contributed by atoms with E-state index >= 15 is 0 Å². The number of phenolic OH excluding ortho intramolecular Hbond substituents is 1. The molecule has 19 heavy (non-hydrogen) atoms. The van der Waals surface area contributed by atoms with Gasteiger partial charge in [-0.05, 0) is 43.7 Å². The topological polar surface area (TPSA) is 40.5 Å². The SMILES string of the molecule is CC(=O)c1ccc(N2CCCC(C)(C)CC2)cc1O. The first-order chi connectivity index (χ1) is 8.89. The van der Waals surface area contributed by atoms with E-state index in [4.69, 9.17) is 0 Å². The van der Waals surface area contributed by atoms with Crippen LogP contribution in [0.1, 0.15) is 50.4 Å². The second-order valence-electron chi connectivity index (χ2n) is 6.26. The van der Waals surface area contributed by atoms with Gasteiger partial charge in [-0.25, -0.2) is 0 Å². The fourth-order valence-electron chi connectivity index (χ4n) is 2.70. The van der Waals surface area contributed by atoms with Crippen molar-refractivity contribution >= 4 is 11.5 Å². The average molecular weight is 261 g/mol. The van der Waals surface area contributed by atoms with E-state index in [1.807, 2.05) is 6.07 Å². The van der Waals surface area contributed by atoms with Crippen molar-refractivity contribution in [2.75, 3.05) is 18.0 Å². The van der Waals surface area contributed by atoms with Crippen molar-refractivity contribution in [2.24, 2.45) is 5.41 Å². The molecule has 1 heterocycles. The van der Waals surface area contributed by atoms with Crippen molar-refractivity contribution in [3.8, 4) is 5.75 Å². The Balaban J connectivity index is 2.18. The highest BCUT2D eigenvalue weighted by atomic mass is 16.3. The number of hydrogen-bond acceptors (Lipinski definition) is 3. The van der Waals surface area contributed by atoms with Crippen LogP contribution in [0.15, 0.2) is 18.2 Å². The number of Topliss-reactive ketones (excluding diaryl/α,β-unsaturated/α-hetero) is 1. The van der Waals surface area contributed by atoms with Gasteiger partial charge in [0.2, 0.25) is 0 Å². The number of hydrogen-bond donors (Lipinski definition) is 1. The Morgan fingerprint density at radius 1 is 1.26 bits per heavy atom. The van der Waals surface area contributed by atoms with Gasteiger partial charge in [0.05, 0.1) is 5.56 Å². The Bertz CT molecular complexity index is 480. The van der Waals surface area contributed by atoms with E-state index in [1.54, 1.807) is 12.1 Å². The summed E-state index contributed by atoms with van der Waals surface area (Å²) in [6.07, 6.45) is 3.56. The molecule has 2 rings (SSSR count). The molecule has 3 heteroatoms. The molecule has 0 unspecified atom stereocenters. The van der Waals surface area contributed by atoms with Crippen LogP contribution in [0.25, 0.3) is 0 Å². The highest BCUT2D eigenvalue weighted by molar-refractivity contribution is 5.97. The predicted molar refractivity (Wildman–Crippen MR) is 78.0 cm³/mol. The lowest BCUT2D eigenvalue weighted by Gasteiger charge is -2.25. The molecule has 0 radical (unpaired) electrons. The number of aromatic hydroxyl groups is 1. The fourth-order valence-corrected chi connectivity index (χ4v) is 2.70. The maximum absolute atomic E-state index is 11.3. The summed E-state index contributed by atoms with van der Waals surface area (Å²) >= 11 is 0. The summed E-state index contributed by atoms with van der Waals surface area (Å²) in [4.78, 5) is 13.6. The van der Waals surface area contributed by atoms with Gasteiger partial charge in [0.1, 0.15) is 5.75 Å². The number of benzene rings is 1. The van der Waals surface area contributed by atoms with Crippen molar-refractivity contribution in [2.45, 2.75) is 40.0 Å². The molecule has 1 aromatic carbocycles. The van der Waals surface area contributed by atoms with E-state index in [-0.39, 0.29) is 11.5 Å². The molecule has 0 spiro atoms. The Labute approximate surface area is 115 Å². The van der Waals surface area contributed by atoms with E-state index in [0.29, 0.717) is 11.0 Å². The van der Waals surface area contributed by atoms with E-state index in [9.17, 15) is 9.90 Å². The van der Waals surface area contributed by atoms with Gasteiger partial charge in [0, 0.05) is 24.8 Å². The number of carbonyl (C=O) groups excluding carboxylic acids is 1. The summed E-state index contributed by atoms with van der Waals surface area (Å²) in [6, 6.07) is 5.38. The molecule has 0 amide bonds. The first kappa shape index (κ1) is 13.9. The molecule has 0 bridgehead atoms. The number of rotatable bonds is 2. The average Bonchev–Trinajstić information content (AvgIpc) is 2.49. The van der Waals surface area contributed by atoms with Crippen LogP contribution in [0.4, 0.5) is 5.69 Å². The van der Waals surface area contributed by atoms with Gasteiger partial charge >= 0.3 is 0 Å². The minimum absolute atomic E-state index is 0.0912. The first-order valence-corrected chi connectivity index (χ1v) is 6.98. The minimum atomic E-state index is -0.0963. The minimum Gasteiger partial charge on any atom is -0.507 e. The van der Waals surface area contributed by atoms with Gasteiger partial charge in [0.15, 0.2) is 5.78 Å².